The van der Waals surface area contributed by atoms with Gasteiger partial charge in [-0.05, 0) is 26.0 Å². The van der Waals surface area contributed by atoms with Crippen molar-refractivity contribution >= 4 is 17.4 Å². The van der Waals surface area contributed by atoms with Crippen LogP contribution in [-0.4, -0.2) is 70.0 Å². The average molecular weight is 358 g/mol. The number of rotatable bonds is 6. The second-order valence-corrected chi connectivity index (χ2v) is 6.41. The Bertz CT molecular complexity index is 752. The highest BCUT2D eigenvalue weighted by Crippen LogP contribution is 2.21. The number of anilines is 2. The first kappa shape index (κ1) is 18.3. The molecule has 0 bridgehead atoms. The molecule has 3 heterocycles. The lowest BCUT2D eigenvalue weighted by Crippen LogP contribution is -2.48. The first-order valence-corrected chi connectivity index (χ1v) is 9.00. The van der Waals surface area contributed by atoms with Crippen LogP contribution in [0.3, 0.4) is 0 Å². The van der Waals surface area contributed by atoms with Crippen LogP contribution < -0.4 is 10.2 Å². The fraction of sp³-hybridized carbons (Fsp3) is 0.500. The zero-order valence-electron chi connectivity index (χ0n) is 15.4. The van der Waals surface area contributed by atoms with Crippen molar-refractivity contribution in [3.63, 3.8) is 0 Å². The molecular weight excluding hydrogens is 332 g/mol. The molecule has 8 nitrogen and oxygen atoms in total. The molecule has 1 fully saturated rings. The van der Waals surface area contributed by atoms with Gasteiger partial charge in [-0.2, -0.15) is 5.10 Å². The summed E-state index contributed by atoms with van der Waals surface area (Å²) in [4.78, 5) is 21.8. The number of piperazine rings is 1. The van der Waals surface area contributed by atoms with Crippen LogP contribution in [0.15, 0.2) is 24.5 Å². The van der Waals surface area contributed by atoms with Gasteiger partial charge in [-0.1, -0.05) is 0 Å². The number of nitrogens with one attached hydrogen (secondary N) is 1. The fourth-order valence-electron chi connectivity index (χ4n) is 3.09. The van der Waals surface area contributed by atoms with E-state index >= 15 is 0 Å². The van der Waals surface area contributed by atoms with E-state index in [0.717, 1.165) is 38.4 Å². The van der Waals surface area contributed by atoms with E-state index < -0.39 is 0 Å². The summed E-state index contributed by atoms with van der Waals surface area (Å²) in [5.74, 6) is 0.537. The summed E-state index contributed by atoms with van der Waals surface area (Å²) in [6.07, 6.45) is 3.46. The molecule has 1 aliphatic heterocycles. The largest absolute Gasteiger partial charge is 0.395 e. The number of aromatic nitrogens is 3. The van der Waals surface area contributed by atoms with E-state index in [9.17, 15) is 4.79 Å². The fourth-order valence-corrected chi connectivity index (χ4v) is 3.09. The van der Waals surface area contributed by atoms with Crippen LogP contribution in [0.2, 0.25) is 0 Å². The van der Waals surface area contributed by atoms with E-state index in [1.807, 2.05) is 32.2 Å². The molecule has 0 atom stereocenters. The quantitative estimate of drug-likeness (QED) is 0.800. The molecule has 1 aliphatic rings. The van der Waals surface area contributed by atoms with E-state index in [0.29, 0.717) is 23.6 Å². The zero-order chi connectivity index (χ0) is 18.5. The second-order valence-electron chi connectivity index (χ2n) is 6.41. The number of amides is 1. The first-order valence-electron chi connectivity index (χ1n) is 9.00. The maximum atomic E-state index is 12.8. The number of carbonyl (C=O) groups excluding carboxylic acids is 1. The van der Waals surface area contributed by atoms with Gasteiger partial charge in [0.25, 0.3) is 5.91 Å². The third-order valence-corrected chi connectivity index (χ3v) is 4.56. The number of carbonyl (C=O) groups is 1. The molecule has 3 rings (SSSR count). The van der Waals surface area contributed by atoms with Crippen molar-refractivity contribution < 1.29 is 9.90 Å². The molecule has 2 aromatic heterocycles. The number of hydrogen-bond acceptors (Lipinski definition) is 6. The summed E-state index contributed by atoms with van der Waals surface area (Å²) in [5, 5.41) is 16.2. The molecule has 0 aliphatic carbocycles. The van der Waals surface area contributed by atoms with Crippen LogP contribution in [-0.2, 0) is 6.54 Å². The maximum absolute atomic E-state index is 12.8. The normalized spacial score (nSPS) is 15.3. The van der Waals surface area contributed by atoms with Crippen LogP contribution in [0.25, 0.3) is 0 Å². The Kier molecular flexibility index (Phi) is 5.85. The highest BCUT2D eigenvalue weighted by molar-refractivity contribution is 6.07. The topological polar surface area (TPSA) is 86.5 Å². The molecule has 26 heavy (non-hydrogen) atoms. The molecule has 0 saturated carbocycles. The first-order chi connectivity index (χ1) is 12.6. The van der Waals surface area contributed by atoms with Crippen LogP contribution in [0, 0.1) is 6.92 Å². The van der Waals surface area contributed by atoms with E-state index in [1.54, 1.807) is 10.9 Å². The number of β-amino-alcohol motifs (C(OH)–C–C–N with tert-alkyl or cyclic N) is 1. The Morgan fingerprint density at radius 3 is 2.69 bits per heavy atom. The minimum Gasteiger partial charge on any atom is -0.395 e. The van der Waals surface area contributed by atoms with E-state index in [4.69, 9.17) is 5.11 Å². The molecular formula is C18H26N6O2. The van der Waals surface area contributed by atoms with E-state index in [-0.39, 0.29) is 12.5 Å². The second kappa shape index (κ2) is 8.29. The number of aliphatic hydroxyl groups excluding tert-OH is 1. The molecule has 2 N–H and O–H groups in total. The van der Waals surface area contributed by atoms with Gasteiger partial charge in [0, 0.05) is 51.2 Å². The zero-order valence-corrected chi connectivity index (χ0v) is 15.4. The SMILES string of the molecule is CCn1cc(NC(=O)c2ccc(C)nc2N2CCN(CCO)CC2)cn1. The van der Waals surface area contributed by atoms with E-state index in [2.05, 4.69) is 25.2 Å². The molecule has 0 radical (unpaired) electrons. The number of aryl methyl sites for hydroxylation is 2. The summed E-state index contributed by atoms with van der Waals surface area (Å²) >= 11 is 0. The van der Waals surface area contributed by atoms with Crippen molar-refractivity contribution in [1.82, 2.24) is 19.7 Å². The minimum atomic E-state index is -0.180. The maximum Gasteiger partial charge on any atom is 0.259 e. The van der Waals surface area contributed by atoms with Crippen molar-refractivity contribution in [1.29, 1.82) is 0 Å². The summed E-state index contributed by atoms with van der Waals surface area (Å²) in [6, 6.07) is 3.69. The number of hydrogen-bond donors (Lipinski definition) is 2. The lowest BCUT2D eigenvalue weighted by Gasteiger charge is -2.35. The summed E-state index contributed by atoms with van der Waals surface area (Å²) in [6.45, 7) is 8.79. The molecule has 0 unspecified atom stereocenters. The third-order valence-electron chi connectivity index (χ3n) is 4.56. The monoisotopic (exact) mass is 358 g/mol. The van der Waals surface area contributed by atoms with Gasteiger partial charge in [-0.25, -0.2) is 4.98 Å². The Balaban J connectivity index is 1.76. The summed E-state index contributed by atoms with van der Waals surface area (Å²) in [5.41, 5.74) is 2.12. The Labute approximate surface area is 153 Å². The van der Waals surface area contributed by atoms with Crippen molar-refractivity contribution in [3.05, 3.63) is 35.8 Å². The van der Waals surface area contributed by atoms with Crippen LogP contribution in [0.4, 0.5) is 11.5 Å². The molecule has 1 amide bonds. The summed E-state index contributed by atoms with van der Waals surface area (Å²) in [7, 11) is 0. The van der Waals surface area contributed by atoms with Gasteiger partial charge >= 0.3 is 0 Å². The van der Waals surface area contributed by atoms with Gasteiger partial charge in [-0.15, -0.1) is 0 Å². The van der Waals surface area contributed by atoms with Crippen molar-refractivity contribution in [2.75, 3.05) is 49.5 Å². The van der Waals surface area contributed by atoms with E-state index in [1.165, 1.54) is 0 Å². The third kappa shape index (κ3) is 4.20. The summed E-state index contributed by atoms with van der Waals surface area (Å²) < 4.78 is 1.77. The molecule has 0 aromatic carbocycles. The highest BCUT2D eigenvalue weighted by atomic mass is 16.3. The molecule has 1 saturated heterocycles. The predicted octanol–water partition coefficient (Wildman–Crippen LogP) is 0.973. The van der Waals surface area contributed by atoms with Crippen molar-refractivity contribution in [2.45, 2.75) is 20.4 Å². The van der Waals surface area contributed by atoms with Gasteiger partial charge < -0.3 is 15.3 Å². The Morgan fingerprint density at radius 1 is 1.27 bits per heavy atom. The van der Waals surface area contributed by atoms with Crippen molar-refractivity contribution in [3.8, 4) is 0 Å². The predicted molar refractivity (Wildman–Crippen MR) is 101 cm³/mol. The minimum absolute atomic E-state index is 0.168. The van der Waals surface area contributed by atoms with Gasteiger partial charge in [0.2, 0.25) is 0 Å². The molecule has 8 heteroatoms. The van der Waals surface area contributed by atoms with Crippen LogP contribution >= 0.6 is 0 Å². The van der Waals surface area contributed by atoms with Gasteiger partial charge in [0.1, 0.15) is 5.82 Å². The number of nitrogens with zero attached hydrogens (tertiary/aromatic N) is 5. The lowest BCUT2D eigenvalue weighted by molar-refractivity contribution is 0.102. The van der Waals surface area contributed by atoms with Gasteiger partial charge in [0.05, 0.1) is 24.1 Å². The molecule has 0 spiro atoms. The lowest BCUT2D eigenvalue weighted by atomic mass is 10.2. The smallest absolute Gasteiger partial charge is 0.259 e. The number of pyridine rings is 1. The molecule has 2 aromatic rings. The van der Waals surface area contributed by atoms with Crippen LogP contribution in [0.1, 0.15) is 23.0 Å². The average Bonchev–Trinajstić information content (AvgIpc) is 3.10. The highest BCUT2D eigenvalue weighted by Gasteiger charge is 2.23. The van der Waals surface area contributed by atoms with Gasteiger partial charge in [-0.3, -0.25) is 14.4 Å². The van der Waals surface area contributed by atoms with Gasteiger partial charge in [0.15, 0.2) is 0 Å². The van der Waals surface area contributed by atoms with Crippen molar-refractivity contribution in [2.24, 2.45) is 0 Å². The van der Waals surface area contributed by atoms with Crippen LogP contribution in [0.5, 0.6) is 0 Å². The molecule has 140 valence electrons. The standard InChI is InChI=1S/C18H26N6O2/c1-3-24-13-15(12-19-24)21-18(26)16-5-4-14(2)20-17(16)23-8-6-22(7-9-23)10-11-25/h4-5,12-13,25H,3,6-11H2,1-2H3,(H,21,26). The Hall–Kier alpha value is -2.45. The Morgan fingerprint density at radius 2 is 2.04 bits per heavy atom. The number of aliphatic hydroxyl groups is 1.